The molecule has 1 heterocycles. The van der Waals surface area contributed by atoms with Gasteiger partial charge in [0.25, 0.3) is 0 Å². The Bertz CT molecular complexity index is 1170. The molecule has 1 unspecified atom stereocenters. The van der Waals surface area contributed by atoms with Crippen molar-refractivity contribution in [3.8, 4) is 34.0 Å². The average Bonchev–Trinajstić information content (AvgIpc) is 3.29. The summed E-state index contributed by atoms with van der Waals surface area (Å²) in [4.78, 5) is 21.2. The maximum absolute atomic E-state index is 12.9. The molecule has 0 aliphatic rings. The minimum Gasteiger partial charge on any atom is -0.497 e. The fourth-order valence-corrected chi connectivity index (χ4v) is 4.19. The second-order valence-electron chi connectivity index (χ2n) is 7.31. The number of imidazole rings is 1. The topological polar surface area (TPSA) is 76.2 Å². The van der Waals surface area contributed by atoms with Gasteiger partial charge in [-0.2, -0.15) is 0 Å². The summed E-state index contributed by atoms with van der Waals surface area (Å²) in [6.45, 7) is 1.85. The van der Waals surface area contributed by atoms with Gasteiger partial charge in [-0.3, -0.25) is 4.79 Å². The van der Waals surface area contributed by atoms with E-state index in [4.69, 9.17) is 14.5 Å². The molecular formula is C26H25N3O3S. The van der Waals surface area contributed by atoms with E-state index >= 15 is 0 Å². The number of aromatic nitrogens is 2. The first-order valence-electron chi connectivity index (χ1n) is 10.5. The summed E-state index contributed by atoms with van der Waals surface area (Å²) in [5.74, 6) is 1.04. The molecule has 1 atom stereocenters. The molecule has 0 radical (unpaired) electrons. The van der Waals surface area contributed by atoms with E-state index in [1.165, 1.54) is 11.8 Å². The van der Waals surface area contributed by atoms with Crippen molar-refractivity contribution in [1.82, 2.24) is 9.97 Å². The summed E-state index contributed by atoms with van der Waals surface area (Å²) >= 11 is 1.37. The Hall–Kier alpha value is -3.71. The van der Waals surface area contributed by atoms with Crippen molar-refractivity contribution >= 4 is 23.4 Å². The predicted molar refractivity (Wildman–Crippen MR) is 133 cm³/mol. The number of rotatable bonds is 8. The van der Waals surface area contributed by atoms with Gasteiger partial charge >= 0.3 is 0 Å². The minimum atomic E-state index is -0.393. The van der Waals surface area contributed by atoms with Gasteiger partial charge in [-0.05, 0) is 19.1 Å². The number of methoxy groups -OCH3 is 2. The van der Waals surface area contributed by atoms with E-state index in [1.54, 1.807) is 32.4 Å². The summed E-state index contributed by atoms with van der Waals surface area (Å²) in [5, 5.41) is 3.22. The highest BCUT2D eigenvalue weighted by atomic mass is 32.2. The van der Waals surface area contributed by atoms with Crippen LogP contribution >= 0.6 is 11.8 Å². The number of carbonyl (C=O) groups is 1. The third-order valence-corrected chi connectivity index (χ3v) is 6.10. The molecule has 0 saturated heterocycles. The third-order valence-electron chi connectivity index (χ3n) is 5.12. The number of nitrogens with zero attached hydrogens (tertiary/aromatic N) is 1. The van der Waals surface area contributed by atoms with Gasteiger partial charge < -0.3 is 19.8 Å². The number of aromatic amines is 1. The van der Waals surface area contributed by atoms with E-state index in [9.17, 15) is 4.79 Å². The molecule has 168 valence electrons. The molecule has 0 aliphatic carbocycles. The number of anilines is 1. The summed E-state index contributed by atoms with van der Waals surface area (Å²) in [6.07, 6.45) is 0. The van der Waals surface area contributed by atoms with Gasteiger partial charge in [0.15, 0.2) is 5.16 Å². The van der Waals surface area contributed by atoms with E-state index in [0.29, 0.717) is 22.3 Å². The van der Waals surface area contributed by atoms with Gasteiger partial charge in [0, 0.05) is 17.2 Å². The molecule has 33 heavy (non-hydrogen) atoms. The number of ether oxygens (including phenoxy) is 2. The van der Waals surface area contributed by atoms with Crippen LogP contribution in [0.15, 0.2) is 84.0 Å². The highest BCUT2D eigenvalue weighted by Crippen LogP contribution is 2.34. The molecule has 2 N–H and O–H groups in total. The van der Waals surface area contributed by atoms with E-state index < -0.39 is 5.25 Å². The van der Waals surface area contributed by atoms with Crippen LogP contribution in [0, 0.1) is 0 Å². The van der Waals surface area contributed by atoms with Gasteiger partial charge in [-0.15, -0.1) is 0 Å². The maximum atomic E-state index is 12.9. The van der Waals surface area contributed by atoms with Crippen LogP contribution in [0.2, 0.25) is 0 Å². The van der Waals surface area contributed by atoms with Crippen LogP contribution in [0.1, 0.15) is 6.92 Å². The smallest absolute Gasteiger partial charge is 0.237 e. The molecule has 0 saturated carbocycles. The van der Waals surface area contributed by atoms with Crippen molar-refractivity contribution in [2.24, 2.45) is 0 Å². The van der Waals surface area contributed by atoms with Crippen LogP contribution in [0.4, 0.5) is 5.69 Å². The van der Waals surface area contributed by atoms with Gasteiger partial charge in [-0.25, -0.2) is 4.98 Å². The van der Waals surface area contributed by atoms with E-state index in [0.717, 1.165) is 22.5 Å². The van der Waals surface area contributed by atoms with Crippen LogP contribution in [0.5, 0.6) is 11.5 Å². The van der Waals surface area contributed by atoms with Gasteiger partial charge in [0.1, 0.15) is 11.5 Å². The van der Waals surface area contributed by atoms with Gasteiger partial charge in [-0.1, -0.05) is 72.4 Å². The fourth-order valence-electron chi connectivity index (χ4n) is 3.38. The molecule has 3 aromatic carbocycles. The van der Waals surface area contributed by atoms with E-state index in [1.807, 2.05) is 67.6 Å². The summed E-state index contributed by atoms with van der Waals surface area (Å²) in [7, 11) is 3.14. The second kappa shape index (κ2) is 10.3. The van der Waals surface area contributed by atoms with Crippen LogP contribution < -0.4 is 14.8 Å². The average molecular weight is 460 g/mol. The lowest BCUT2D eigenvalue weighted by atomic mass is 10.1. The minimum absolute atomic E-state index is 0.151. The molecule has 4 rings (SSSR count). The number of hydrogen-bond acceptors (Lipinski definition) is 5. The highest BCUT2D eigenvalue weighted by molar-refractivity contribution is 8.00. The monoisotopic (exact) mass is 459 g/mol. The Kier molecular flexibility index (Phi) is 7.00. The number of carbonyl (C=O) groups excluding carboxylic acids is 1. The summed E-state index contributed by atoms with van der Waals surface area (Å²) in [6, 6.07) is 25.4. The summed E-state index contributed by atoms with van der Waals surface area (Å²) < 4.78 is 10.6. The van der Waals surface area contributed by atoms with Gasteiger partial charge in [0.2, 0.25) is 5.91 Å². The Morgan fingerprint density at radius 3 is 2.24 bits per heavy atom. The van der Waals surface area contributed by atoms with Crippen molar-refractivity contribution in [2.75, 3.05) is 19.5 Å². The first-order valence-corrected chi connectivity index (χ1v) is 11.4. The van der Waals surface area contributed by atoms with Crippen LogP contribution in [-0.4, -0.2) is 35.3 Å². The maximum Gasteiger partial charge on any atom is 0.237 e. The van der Waals surface area contributed by atoms with Crippen LogP contribution in [0.3, 0.4) is 0 Å². The number of thioether (sulfide) groups is 1. The lowest BCUT2D eigenvalue weighted by Crippen LogP contribution is -2.22. The van der Waals surface area contributed by atoms with E-state index in [-0.39, 0.29) is 5.91 Å². The molecule has 4 aromatic rings. The van der Waals surface area contributed by atoms with Crippen LogP contribution in [-0.2, 0) is 4.79 Å². The molecule has 7 heteroatoms. The Morgan fingerprint density at radius 1 is 0.939 bits per heavy atom. The molecule has 1 aromatic heterocycles. The third kappa shape index (κ3) is 5.21. The number of nitrogens with one attached hydrogen (secondary N) is 2. The number of H-pyrrole nitrogens is 1. The Balaban J connectivity index is 1.56. The number of benzene rings is 3. The van der Waals surface area contributed by atoms with Crippen molar-refractivity contribution in [1.29, 1.82) is 0 Å². The Labute approximate surface area is 197 Å². The largest absolute Gasteiger partial charge is 0.497 e. The highest BCUT2D eigenvalue weighted by Gasteiger charge is 2.21. The zero-order valence-corrected chi connectivity index (χ0v) is 19.5. The zero-order chi connectivity index (χ0) is 23.2. The molecule has 0 spiro atoms. The predicted octanol–water partition coefficient (Wildman–Crippen LogP) is 5.88. The van der Waals surface area contributed by atoms with Gasteiger partial charge in [0.05, 0.1) is 36.5 Å². The molecule has 0 fully saturated rings. The normalized spacial score (nSPS) is 11.6. The first kappa shape index (κ1) is 22.5. The lowest BCUT2D eigenvalue weighted by Gasteiger charge is -2.14. The second-order valence-corrected chi connectivity index (χ2v) is 8.64. The number of hydrogen-bond donors (Lipinski definition) is 2. The van der Waals surface area contributed by atoms with Crippen molar-refractivity contribution in [3.63, 3.8) is 0 Å². The van der Waals surface area contributed by atoms with Crippen molar-refractivity contribution < 1.29 is 14.3 Å². The quantitative estimate of drug-likeness (QED) is 0.322. The fraction of sp³-hybridized carbons (Fsp3) is 0.154. The Morgan fingerprint density at radius 2 is 1.61 bits per heavy atom. The first-order chi connectivity index (χ1) is 16.1. The van der Waals surface area contributed by atoms with E-state index in [2.05, 4.69) is 10.3 Å². The van der Waals surface area contributed by atoms with Crippen molar-refractivity contribution in [3.05, 3.63) is 78.9 Å². The summed E-state index contributed by atoms with van der Waals surface area (Å²) in [5.41, 5.74) is 4.42. The zero-order valence-electron chi connectivity index (χ0n) is 18.7. The standard InChI is InChI=1S/C26H25N3O3S/c1-17(25(30)27-21-15-14-20(31-2)16-22(21)32-3)33-26-28-23(18-10-6-4-7-11-18)24(29-26)19-12-8-5-9-13-19/h4-17H,1-3H3,(H,27,30)(H,28,29). The molecule has 0 aliphatic heterocycles. The SMILES string of the molecule is COc1ccc(NC(=O)C(C)Sc2nc(-c3ccccc3)c(-c3ccccc3)[nH]2)c(OC)c1. The lowest BCUT2D eigenvalue weighted by molar-refractivity contribution is -0.115. The molecule has 0 bridgehead atoms. The molecule has 6 nitrogen and oxygen atoms in total. The van der Waals surface area contributed by atoms with Crippen molar-refractivity contribution in [2.45, 2.75) is 17.3 Å². The molecular weight excluding hydrogens is 434 g/mol. The van der Waals surface area contributed by atoms with Crippen LogP contribution in [0.25, 0.3) is 22.5 Å². The number of amides is 1. The molecule has 1 amide bonds.